The van der Waals surface area contributed by atoms with Gasteiger partial charge in [-0.1, -0.05) is 6.58 Å². The molecule has 4 aliphatic heterocycles. The molecule has 34 heavy (non-hydrogen) atoms. The summed E-state index contributed by atoms with van der Waals surface area (Å²) in [5, 5.41) is 2.80. The molecule has 0 aromatic heterocycles. The lowest BCUT2D eigenvalue weighted by Gasteiger charge is -2.42. The number of piperidine rings is 2. The maximum atomic E-state index is 13.0. The summed E-state index contributed by atoms with van der Waals surface area (Å²) in [6.45, 7) is 8.44. The third-order valence-corrected chi connectivity index (χ3v) is 8.82. The molecule has 3 saturated heterocycles. The molecule has 1 aromatic rings. The van der Waals surface area contributed by atoms with Crippen molar-refractivity contribution >= 4 is 11.8 Å². The summed E-state index contributed by atoms with van der Waals surface area (Å²) in [7, 11) is 0. The molecule has 2 amide bonds. The standard InChI is InChI=1S/C27H35N3O4/c1-18-5-8-23(25(31)28-18)30-16-19-15-20(6-7-21(19)26(30)32)34-24-4-2-3-22(24)29-12-9-27(10-13-29)11-14-33-17-27/h6-7,15,22-24H,1-5,8-14,16-17H2,(H,28,31)/t22-,23?,24-/m0/s1. The second kappa shape index (κ2) is 8.68. The minimum absolute atomic E-state index is 0.0638. The number of hydrogen-bond donors (Lipinski definition) is 1. The fourth-order valence-electron chi connectivity index (χ4n) is 6.71. The highest BCUT2D eigenvalue weighted by Crippen LogP contribution is 2.41. The van der Waals surface area contributed by atoms with E-state index in [9.17, 15) is 9.59 Å². The van der Waals surface area contributed by atoms with Gasteiger partial charge in [-0.3, -0.25) is 14.5 Å². The molecule has 1 aliphatic carbocycles. The predicted molar refractivity (Wildman–Crippen MR) is 127 cm³/mol. The summed E-state index contributed by atoms with van der Waals surface area (Å²) in [4.78, 5) is 29.8. The number of carbonyl (C=O) groups is 2. The highest BCUT2D eigenvalue weighted by molar-refractivity contribution is 6.01. The lowest BCUT2D eigenvalue weighted by atomic mass is 9.77. The summed E-state index contributed by atoms with van der Waals surface area (Å²) in [5.41, 5.74) is 2.79. The van der Waals surface area contributed by atoms with Crippen LogP contribution in [0.2, 0.25) is 0 Å². The van der Waals surface area contributed by atoms with E-state index in [1.807, 2.05) is 18.2 Å². The number of ether oxygens (including phenoxy) is 2. The molecule has 7 heteroatoms. The molecule has 182 valence electrons. The van der Waals surface area contributed by atoms with Crippen LogP contribution in [0.25, 0.3) is 0 Å². The van der Waals surface area contributed by atoms with Crippen LogP contribution in [0, 0.1) is 5.41 Å². The van der Waals surface area contributed by atoms with Crippen molar-refractivity contribution in [2.75, 3.05) is 26.3 Å². The van der Waals surface area contributed by atoms with Gasteiger partial charge in [-0.05, 0) is 93.6 Å². The Labute approximate surface area is 201 Å². The molecule has 5 aliphatic rings. The van der Waals surface area contributed by atoms with Crippen LogP contribution in [0.15, 0.2) is 30.5 Å². The fourth-order valence-corrected chi connectivity index (χ4v) is 6.71. The van der Waals surface area contributed by atoms with E-state index in [2.05, 4.69) is 16.8 Å². The highest BCUT2D eigenvalue weighted by atomic mass is 16.5. The van der Waals surface area contributed by atoms with Crippen molar-refractivity contribution in [3.05, 3.63) is 41.6 Å². The number of allylic oxidation sites excluding steroid dienone is 1. The average molecular weight is 466 g/mol. The van der Waals surface area contributed by atoms with Crippen molar-refractivity contribution in [3.8, 4) is 5.75 Å². The van der Waals surface area contributed by atoms with Gasteiger partial charge < -0.3 is 19.7 Å². The van der Waals surface area contributed by atoms with Crippen molar-refractivity contribution in [1.29, 1.82) is 0 Å². The molecule has 4 fully saturated rings. The van der Waals surface area contributed by atoms with Crippen LogP contribution in [-0.4, -0.2) is 66.1 Å². The summed E-state index contributed by atoms with van der Waals surface area (Å²) >= 11 is 0. The van der Waals surface area contributed by atoms with E-state index < -0.39 is 6.04 Å². The second-order valence-corrected chi connectivity index (χ2v) is 10.9. The molecule has 1 spiro atoms. The number of hydrogen-bond acceptors (Lipinski definition) is 5. The van der Waals surface area contributed by atoms with Crippen molar-refractivity contribution in [2.45, 2.75) is 76.1 Å². The van der Waals surface area contributed by atoms with Crippen LogP contribution >= 0.6 is 0 Å². The molecule has 3 atom stereocenters. The number of fused-ring (bicyclic) bond motifs is 1. The third kappa shape index (κ3) is 3.93. The summed E-state index contributed by atoms with van der Waals surface area (Å²) in [6, 6.07) is 5.86. The molecule has 0 bridgehead atoms. The Hall–Kier alpha value is -2.38. The first kappa shape index (κ1) is 22.1. The van der Waals surface area contributed by atoms with Crippen molar-refractivity contribution < 1.29 is 19.1 Å². The van der Waals surface area contributed by atoms with Crippen molar-refractivity contribution in [1.82, 2.24) is 15.1 Å². The van der Waals surface area contributed by atoms with E-state index in [1.54, 1.807) is 4.90 Å². The molecule has 1 N–H and O–H groups in total. The number of benzene rings is 1. The number of nitrogens with zero attached hydrogens (tertiary/aromatic N) is 2. The third-order valence-electron chi connectivity index (χ3n) is 8.82. The topological polar surface area (TPSA) is 71.1 Å². The van der Waals surface area contributed by atoms with Crippen LogP contribution < -0.4 is 10.1 Å². The Morgan fingerprint density at radius 2 is 1.97 bits per heavy atom. The van der Waals surface area contributed by atoms with Gasteiger partial charge in [0.2, 0.25) is 5.91 Å². The predicted octanol–water partition coefficient (Wildman–Crippen LogP) is 3.24. The molecule has 1 unspecified atom stereocenters. The van der Waals surface area contributed by atoms with E-state index in [0.29, 0.717) is 36.4 Å². The number of likely N-dealkylation sites (tertiary alicyclic amines) is 1. The summed E-state index contributed by atoms with van der Waals surface area (Å²) in [5.74, 6) is 0.644. The highest BCUT2D eigenvalue weighted by Gasteiger charge is 2.43. The van der Waals surface area contributed by atoms with Gasteiger partial charge in [0.1, 0.15) is 17.9 Å². The number of carbonyl (C=O) groups excluding carboxylic acids is 2. The van der Waals surface area contributed by atoms with Gasteiger partial charge in [0.15, 0.2) is 0 Å². The Balaban J connectivity index is 1.11. The van der Waals surface area contributed by atoms with E-state index >= 15 is 0 Å². The fraction of sp³-hybridized carbons (Fsp3) is 0.630. The number of amides is 2. The van der Waals surface area contributed by atoms with Gasteiger partial charge in [0, 0.05) is 30.5 Å². The first-order valence-electron chi connectivity index (χ1n) is 12.9. The monoisotopic (exact) mass is 465 g/mol. The summed E-state index contributed by atoms with van der Waals surface area (Å²) in [6.07, 6.45) is 8.66. The SMILES string of the molecule is C=C1CCC(N2Cc3cc(O[C@H]4CCC[C@@H]4N4CCC5(CCOC5)CC4)ccc3C2=O)C(=O)N1. The minimum Gasteiger partial charge on any atom is -0.489 e. The first-order valence-corrected chi connectivity index (χ1v) is 12.9. The zero-order valence-corrected chi connectivity index (χ0v) is 19.9. The van der Waals surface area contributed by atoms with Gasteiger partial charge in [-0.15, -0.1) is 0 Å². The quantitative estimate of drug-likeness (QED) is 0.739. The molecule has 7 nitrogen and oxygen atoms in total. The van der Waals surface area contributed by atoms with Gasteiger partial charge in [-0.2, -0.15) is 0 Å². The lowest BCUT2D eigenvalue weighted by molar-refractivity contribution is -0.126. The zero-order chi connectivity index (χ0) is 23.3. The van der Waals surface area contributed by atoms with Crippen LogP contribution in [0.1, 0.15) is 67.3 Å². The van der Waals surface area contributed by atoms with Crippen LogP contribution in [0.5, 0.6) is 5.75 Å². The van der Waals surface area contributed by atoms with E-state index in [4.69, 9.17) is 9.47 Å². The van der Waals surface area contributed by atoms with E-state index in [0.717, 1.165) is 49.7 Å². The Kier molecular flexibility index (Phi) is 5.65. The maximum absolute atomic E-state index is 13.0. The maximum Gasteiger partial charge on any atom is 0.255 e. The smallest absolute Gasteiger partial charge is 0.255 e. The molecule has 1 saturated carbocycles. The molecule has 6 rings (SSSR count). The van der Waals surface area contributed by atoms with E-state index in [-0.39, 0.29) is 17.9 Å². The molecule has 0 radical (unpaired) electrons. The molecule has 4 heterocycles. The van der Waals surface area contributed by atoms with Crippen LogP contribution in [0.3, 0.4) is 0 Å². The second-order valence-electron chi connectivity index (χ2n) is 10.9. The van der Waals surface area contributed by atoms with Gasteiger partial charge in [0.05, 0.1) is 6.61 Å². The van der Waals surface area contributed by atoms with Crippen LogP contribution in [-0.2, 0) is 16.1 Å². The zero-order valence-electron chi connectivity index (χ0n) is 19.9. The van der Waals surface area contributed by atoms with Gasteiger partial charge in [-0.25, -0.2) is 0 Å². The lowest BCUT2D eigenvalue weighted by Crippen LogP contribution is -2.49. The Bertz CT molecular complexity index is 992. The Morgan fingerprint density at radius 3 is 2.74 bits per heavy atom. The molecule has 1 aromatic carbocycles. The number of rotatable bonds is 4. The van der Waals surface area contributed by atoms with E-state index in [1.165, 1.54) is 32.1 Å². The van der Waals surface area contributed by atoms with Gasteiger partial charge in [0.25, 0.3) is 5.91 Å². The number of nitrogens with one attached hydrogen (secondary N) is 1. The van der Waals surface area contributed by atoms with Crippen molar-refractivity contribution in [2.24, 2.45) is 5.41 Å². The largest absolute Gasteiger partial charge is 0.489 e. The average Bonchev–Trinajstić information content (AvgIpc) is 3.55. The minimum atomic E-state index is -0.429. The summed E-state index contributed by atoms with van der Waals surface area (Å²) < 4.78 is 12.3. The van der Waals surface area contributed by atoms with Crippen molar-refractivity contribution in [3.63, 3.8) is 0 Å². The molecular formula is C27H35N3O4. The first-order chi connectivity index (χ1) is 16.5. The van der Waals surface area contributed by atoms with Crippen LogP contribution in [0.4, 0.5) is 0 Å². The van der Waals surface area contributed by atoms with Gasteiger partial charge >= 0.3 is 0 Å². The molecular weight excluding hydrogens is 430 g/mol. The Morgan fingerprint density at radius 1 is 1.12 bits per heavy atom. The normalized spacial score (nSPS) is 31.2.